The number of primary amides is 1. The number of benzene rings is 1. The summed E-state index contributed by atoms with van der Waals surface area (Å²) in [6, 6.07) is 8.03. The van der Waals surface area contributed by atoms with Crippen molar-refractivity contribution in [2.75, 3.05) is 5.32 Å². The van der Waals surface area contributed by atoms with Gasteiger partial charge in [0, 0.05) is 29.6 Å². The van der Waals surface area contributed by atoms with E-state index in [1.807, 2.05) is 0 Å². The van der Waals surface area contributed by atoms with E-state index in [-0.39, 0.29) is 23.9 Å². The highest BCUT2D eigenvalue weighted by Gasteiger charge is 2.08. The molecule has 6 heteroatoms. The molecule has 0 atom stereocenters. The van der Waals surface area contributed by atoms with E-state index in [1.54, 1.807) is 24.3 Å². The van der Waals surface area contributed by atoms with Gasteiger partial charge < -0.3 is 11.1 Å². The molecule has 4 nitrogen and oxygen atoms in total. The number of hydrogen-bond acceptors (Lipinski definition) is 3. The smallest absolute Gasteiger partial charge is 0.221 e. The molecule has 3 N–H and O–H groups in total. The summed E-state index contributed by atoms with van der Waals surface area (Å²) in [5.41, 5.74) is 6.94. The molecule has 20 heavy (non-hydrogen) atoms. The Morgan fingerprint density at radius 3 is 2.80 bits per heavy atom. The summed E-state index contributed by atoms with van der Waals surface area (Å²) in [5.74, 6) is -0.764. The summed E-state index contributed by atoms with van der Waals surface area (Å²) in [7, 11) is 0. The largest absolute Gasteiger partial charge is 0.380 e. The van der Waals surface area contributed by atoms with Crippen LogP contribution < -0.4 is 11.1 Å². The zero-order chi connectivity index (χ0) is 14.5. The molecule has 0 aliphatic heterocycles. The number of rotatable bonds is 5. The lowest BCUT2D eigenvalue weighted by molar-refractivity contribution is -0.117. The van der Waals surface area contributed by atoms with Crippen LogP contribution in [-0.4, -0.2) is 10.9 Å². The van der Waals surface area contributed by atoms with Crippen LogP contribution >= 0.6 is 11.6 Å². The van der Waals surface area contributed by atoms with Crippen LogP contribution in [0.25, 0.3) is 0 Å². The van der Waals surface area contributed by atoms with Crippen molar-refractivity contribution in [2.45, 2.75) is 13.0 Å². The number of aromatic nitrogens is 1. The van der Waals surface area contributed by atoms with Gasteiger partial charge in [0.15, 0.2) is 0 Å². The van der Waals surface area contributed by atoms with Gasteiger partial charge in [-0.1, -0.05) is 29.8 Å². The summed E-state index contributed by atoms with van der Waals surface area (Å²) in [5, 5.41) is 3.33. The molecule has 0 radical (unpaired) electrons. The first kappa shape index (κ1) is 14.3. The van der Waals surface area contributed by atoms with Crippen molar-refractivity contribution in [1.29, 1.82) is 0 Å². The average molecular weight is 294 g/mol. The number of pyridine rings is 1. The number of amides is 1. The Morgan fingerprint density at radius 1 is 1.35 bits per heavy atom. The number of halogens is 2. The minimum Gasteiger partial charge on any atom is -0.380 e. The molecule has 2 aromatic rings. The van der Waals surface area contributed by atoms with Crippen LogP contribution in [0.15, 0.2) is 36.5 Å². The highest BCUT2D eigenvalue weighted by atomic mass is 35.5. The maximum Gasteiger partial charge on any atom is 0.221 e. The minimum absolute atomic E-state index is 0.0454. The number of nitrogens with one attached hydrogen (secondary N) is 1. The summed E-state index contributed by atoms with van der Waals surface area (Å²) in [6.07, 6.45) is 1.53. The molecule has 104 valence electrons. The second-order valence-electron chi connectivity index (χ2n) is 4.25. The standard InChI is InChI=1S/C14H13ClFN3O/c15-13-6-12(10(8-19-13)5-14(17)20)18-7-9-3-1-2-4-11(9)16/h1-4,6,8H,5,7H2,(H2,17,20)(H,18,19). The Hall–Kier alpha value is -2.14. The van der Waals surface area contributed by atoms with E-state index >= 15 is 0 Å². The van der Waals surface area contributed by atoms with E-state index in [0.717, 1.165) is 0 Å². The van der Waals surface area contributed by atoms with E-state index < -0.39 is 5.91 Å². The number of carbonyl (C=O) groups is 1. The van der Waals surface area contributed by atoms with Gasteiger partial charge in [-0.05, 0) is 12.1 Å². The topological polar surface area (TPSA) is 68.0 Å². The maximum atomic E-state index is 13.5. The molecule has 0 bridgehead atoms. The molecule has 0 spiro atoms. The molecule has 1 aromatic heterocycles. The number of hydrogen-bond donors (Lipinski definition) is 2. The second-order valence-corrected chi connectivity index (χ2v) is 4.64. The van der Waals surface area contributed by atoms with Gasteiger partial charge in [0.05, 0.1) is 6.42 Å². The van der Waals surface area contributed by atoms with E-state index in [4.69, 9.17) is 17.3 Å². The third-order valence-electron chi connectivity index (χ3n) is 2.74. The Bertz CT molecular complexity index is 634. The van der Waals surface area contributed by atoms with Gasteiger partial charge in [-0.15, -0.1) is 0 Å². The van der Waals surface area contributed by atoms with Gasteiger partial charge in [0.25, 0.3) is 0 Å². The molecule has 0 unspecified atom stereocenters. The summed E-state index contributed by atoms with van der Waals surface area (Å²) >= 11 is 5.83. The van der Waals surface area contributed by atoms with Gasteiger partial charge in [0.2, 0.25) is 5.91 Å². The van der Waals surface area contributed by atoms with Crippen molar-refractivity contribution in [1.82, 2.24) is 4.98 Å². The molecule has 1 amide bonds. The SMILES string of the molecule is NC(=O)Cc1cnc(Cl)cc1NCc1ccccc1F. The van der Waals surface area contributed by atoms with E-state index in [0.29, 0.717) is 16.8 Å². The zero-order valence-electron chi connectivity index (χ0n) is 10.6. The predicted molar refractivity (Wildman–Crippen MR) is 75.9 cm³/mol. The van der Waals surface area contributed by atoms with Crippen molar-refractivity contribution in [3.8, 4) is 0 Å². The number of anilines is 1. The van der Waals surface area contributed by atoms with Crippen LogP contribution in [0.2, 0.25) is 5.15 Å². The lowest BCUT2D eigenvalue weighted by Crippen LogP contribution is -2.15. The Kier molecular flexibility index (Phi) is 4.53. The third kappa shape index (κ3) is 3.68. The molecule has 0 aliphatic rings. The van der Waals surface area contributed by atoms with E-state index in [1.165, 1.54) is 12.3 Å². The summed E-state index contributed by atoms with van der Waals surface area (Å²) in [6.45, 7) is 0.277. The lowest BCUT2D eigenvalue weighted by atomic mass is 10.1. The maximum absolute atomic E-state index is 13.5. The van der Waals surface area contributed by atoms with Gasteiger partial charge >= 0.3 is 0 Å². The first-order valence-electron chi connectivity index (χ1n) is 5.96. The molecule has 2 rings (SSSR count). The molecule has 0 aliphatic carbocycles. The van der Waals surface area contributed by atoms with Crippen LogP contribution in [-0.2, 0) is 17.8 Å². The fourth-order valence-corrected chi connectivity index (χ4v) is 1.94. The summed E-state index contributed by atoms with van der Waals surface area (Å²) in [4.78, 5) is 14.9. The number of nitrogens with two attached hydrogens (primary N) is 1. The van der Waals surface area contributed by atoms with Gasteiger partial charge in [0.1, 0.15) is 11.0 Å². The van der Waals surface area contributed by atoms with Crippen LogP contribution in [0.1, 0.15) is 11.1 Å². The van der Waals surface area contributed by atoms with E-state index in [2.05, 4.69) is 10.3 Å². The van der Waals surface area contributed by atoms with Crippen molar-refractivity contribution >= 4 is 23.2 Å². The highest BCUT2D eigenvalue weighted by molar-refractivity contribution is 6.29. The van der Waals surface area contributed by atoms with Crippen LogP contribution in [0.5, 0.6) is 0 Å². The lowest BCUT2D eigenvalue weighted by Gasteiger charge is -2.11. The average Bonchev–Trinajstić information content (AvgIpc) is 2.40. The fourth-order valence-electron chi connectivity index (χ4n) is 1.78. The Labute approximate surface area is 120 Å². The Morgan fingerprint density at radius 2 is 2.10 bits per heavy atom. The van der Waals surface area contributed by atoms with Crippen LogP contribution in [0.4, 0.5) is 10.1 Å². The number of nitrogens with zero attached hydrogens (tertiary/aromatic N) is 1. The molecule has 0 saturated carbocycles. The van der Waals surface area contributed by atoms with E-state index in [9.17, 15) is 9.18 Å². The minimum atomic E-state index is -0.469. The van der Waals surface area contributed by atoms with Crippen LogP contribution in [0, 0.1) is 5.82 Å². The van der Waals surface area contributed by atoms with Gasteiger partial charge in [-0.3, -0.25) is 4.79 Å². The predicted octanol–water partition coefficient (Wildman–Crippen LogP) is 2.51. The first-order valence-corrected chi connectivity index (χ1v) is 6.34. The molecule has 1 aromatic carbocycles. The number of carbonyl (C=O) groups excluding carboxylic acids is 1. The van der Waals surface area contributed by atoms with Gasteiger partial charge in [-0.25, -0.2) is 9.37 Å². The first-order chi connectivity index (χ1) is 9.56. The van der Waals surface area contributed by atoms with Crippen molar-refractivity contribution < 1.29 is 9.18 Å². The van der Waals surface area contributed by atoms with Crippen molar-refractivity contribution in [3.63, 3.8) is 0 Å². The molecule has 0 fully saturated rings. The molecule has 0 saturated heterocycles. The zero-order valence-corrected chi connectivity index (χ0v) is 11.3. The highest BCUT2D eigenvalue weighted by Crippen LogP contribution is 2.20. The van der Waals surface area contributed by atoms with Gasteiger partial charge in [-0.2, -0.15) is 0 Å². The third-order valence-corrected chi connectivity index (χ3v) is 2.95. The molecular formula is C14H13ClFN3O. The molecular weight excluding hydrogens is 281 g/mol. The van der Waals surface area contributed by atoms with Crippen molar-refractivity contribution in [3.05, 3.63) is 58.6 Å². The van der Waals surface area contributed by atoms with Crippen molar-refractivity contribution in [2.24, 2.45) is 5.73 Å². The quantitative estimate of drug-likeness (QED) is 0.832. The fraction of sp³-hybridized carbons (Fsp3) is 0.143. The van der Waals surface area contributed by atoms with Crippen LogP contribution in [0.3, 0.4) is 0 Å². The molecule has 1 heterocycles. The normalized spacial score (nSPS) is 10.3. The second kappa shape index (κ2) is 6.34. The monoisotopic (exact) mass is 293 g/mol. The Balaban J connectivity index is 2.18. The summed E-state index contributed by atoms with van der Waals surface area (Å²) < 4.78 is 13.5.